The molecule has 0 saturated heterocycles. The van der Waals surface area contributed by atoms with Gasteiger partial charge < -0.3 is 5.32 Å². The fourth-order valence-electron chi connectivity index (χ4n) is 2.57. The quantitative estimate of drug-likeness (QED) is 0.798. The molecule has 1 amide bonds. The number of hydrogen-bond acceptors (Lipinski definition) is 2. The molecule has 2 aromatic carbocycles. The van der Waals surface area contributed by atoms with Crippen LogP contribution in [0, 0.1) is 19.7 Å². The molecule has 0 aliphatic rings. The minimum Gasteiger partial charge on any atom is -0.348 e. The third kappa shape index (κ3) is 3.20. The maximum absolute atomic E-state index is 13.6. The summed E-state index contributed by atoms with van der Waals surface area (Å²) < 4.78 is 15.3. The summed E-state index contributed by atoms with van der Waals surface area (Å²) in [5, 5.41) is 7.04. The highest BCUT2D eigenvalue weighted by Gasteiger charge is 2.15. The number of nitrogens with zero attached hydrogens (tertiary/aromatic N) is 2. The number of nitrogens with one attached hydrogen (secondary N) is 1. The van der Waals surface area contributed by atoms with Crippen LogP contribution in [0.1, 0.15) is 27.2 Å². The lowest BCUT2D eigenvalue weighted by molar-refractivity contribution is 0.0950. The van der Waals surface area contributed by atoms with Gasteiger partial charge in [0.2, 0.25) is 0 Å². The van der Waals surface area contributed by atoms with Crippen molar-refractivity contribution in [2.75, 3.05) is 0 Å². The van der Waals surface area contributed by atoms with Crippen molar-refractivity contribution in [3.05, 3.63) is 82.9 Å². The zero-order valence-electron chi connectivity index (χ0n) is 13.6. The topological polar surface area (TPSA) is 46.9 Å². The standard InChI is InChI=1S/C19H18FN3O/c1-13-6-5-8-16(10-13)23-14(2)17(12-22-23)19(24)21-11-15-7-3-4-9-18(15)20/h3-10,12H,11H2,1-2H3,(H,21,24). The van der Waals surface area contributed by atoms with E-state index < -0.39 is 0 Å². The third-order valence-electron chi connectivity index (χ3n) is 3.90. The summed E-state index contributed by atoms with van der Waals surface area (Å²) in [6.45, 7) is 3.98. The first-order valence-electron chi connectivity index (χ1n) is 7.69. The molecule has 0 saturated carbocycles. The number of hydrogen-bond donors (Lipinski definition) is 1. The molecule has 1 heterocycles. The van der Waals surface area contributed by atoms with Crippen molar-refractivity contribution in [3.8, 4) is 5.69 Å². The van der Waals surface area contributed by atoms with Gasteiger partial charge in [0.15, 0.2) is 0 Å². The van der Waals surface area contributed by atoms with Crippen LogP contribution in [-0.2, 0) is 6.54 Å². The van der Waals surface area contributed by atoms with Gasteiger partial charge in [-0.25, -0.2) is 9.07 Å². The second-order valence-corrected chi connectivity index (χ2v) is 5.67. The molecule has 0 bridgehead atoms. The van der Waals surface area contributed by atoms with Crippen molar-refractivity contribution < 1.29 is 9.18 Å². The second kappa shape index (κ2) is 6.66. The zero-order chi connectivity index (χ0) is 17.1. The van der Waals surface area contributed by atoms with E-state index in [1.54, 1.807) is 22.9 Å². The minimum absolute atomic E-state index is 0.139. The van der Waals surface area contributed by atoms with Crippen molar-refractivity contribution in [2.24, 2.45) is 0 Å². The lowest BCUT2D eigenvalue weighted by Gasteiger charge is -2.08. The lowest BCUT2D eigenvalue weighted by Crippen LogP contribution is -2.23. The number of rotatable bonds is 4. The molecule has 4 nitrogen and oxygen atoms in total. The molecule has 0 radical (unpaired) electrons. The van der Waals surface area contributed by atoms with Crippen LogP contribution in [0.15, 0.2) is 54.7 Å². The number of aromatic nitrogens is 2. The van der Waals surface area contributed by atoms with Crippen LogP contribution < -0.4 is 5.32 Å². The van der Waals surface area contributed by atoms with Crippen LogP contribution in [0.25, 0.3) is 5.69 Å². The van der Waals surface area contributed by atoms with E-state index in [0.717, 1.165) is 16.9 Å². The maximum Gasteiger partial charge on any atom is 0.255 e. The Hall–Kier alpha value is -2.95. The summed E-state index contributed by atoms with van der Waals surface area (Å²) >= 11 is 0. The Morgan fingerprint density at radius 1 is 1.17 bits per heavy atom. The van der Waals surface area contributed by atoms with Crippen molar-refractivity contribution in [1.29, 1.82) is 0 Å². The predicted octanol–water partition coefficient (Wildman–Crippen LogP) is 3.56. The second-order valence-electron chi connectivity index (χ2n) is 5.67. The van der Waals surface area contributed by atoms with E-state index in [9.17, 15) is 9.18 Å². The van der Waals surface area contributed by atoms with Crippen LogP contribution in [-0.4, -0.2) is 15.7 Å². The summed E-state index contributed by atoms with van der Waals surface area (Å²) in [6.07, 6.45) is 1.54. The molecule has 0 aliphatic carbocycles. The average Bonchev–Trinajstić information content (AvgIpc) is 2.95. The molecule has 0 spiro atoms. The molecule has 1 aromatic heterocycles. The van der Waals surface area contributed by atoms with Crippen LogP contribution in [0.3, 0.4) is 0 Å². The zero-order valence-corrected chi connectivity index (χ0v) is 13.6. The van der Waals surface area contributed by atoms with E-state index in [1.165, 1.54) is 12.3 Å². The molecule has 24 heavy (non-hydrogen) atoms. The SMILES string of the molecule is Cc1cccc(-n2ncc(C(=O)NCc3ccccc3F)c2C)c1. The van der Waals surface area contributed by atoms with Gasteiger partial charge in [-0.15, -0.1) is 0 Å². The fourth-order valence-corrected chi connectivity index (χ4v) is 2.57. The van der Waals surface area contributed by atoms with Crippen LogP contribution in [0.4, 0.5) is 4.39 Å². The average molecular weight is 323 g/mol. The molecular formula is C19H18FN3O. The molecule has 5 heteroatoms. The van der Waals surface area contributed by atoms with Gasteiger partial charge in [0.05, 0.1) is 23.1 Å². The number of halogens is 1. The normalized spacial score (nSPS) is 10.6. The molecule has 3 aromatic rings. The fraction of sp³-hybridized carbons (Fsp3) is 0.158. The lowest BCUT2D eigenvalue weighted by atomic mass is 10.2. The Bertz CT molecular complexity index is 886. The number of aryl methyl sites for hydroxylation is 1. The highest BCUT2D eigenvalue weighted by Crippen LogP contribution is 2.15. The maximum atomic E-state index is 13.6. The van der Waals surface area contributed by atoms with Gasteiger partial charge in [0.1, 0.15) is 5.82 Å². The number of benzene rings is 2. The first-order valence-corrected chi connectivity index (χ1v) is 7.69. The monoisotopic (exact) mass is 323 g/mol. The van der Waals surface area contributed by atoms with Gasteiger partial charge in [-0.3, -0.25) is 4.79 Å². The van der Waals surface area contributed by atoms with Crippen LogP contribution >= 0.6 is 0 Å². The van der Waals surface area contributed by atoms with Gasteiger partial charge >= 0.3 is 0 Å². The van der Waals surface area contributed by atoms with Gasteiger partial charge in [0, 0.05) is 12.1 Å². The number of carbonyl (C=O) groups excluding carboxylic acids is 1. The van der Waals surface area contributed by atoms with Crippen LogP contribution in [0.2, 0.25) is 0 Å². The summed E-state index contributed by atoms with van der Waals surface area (Å²) in [4.78, 5) is 12.4. The van der Waals surface area contributed by atoms with Gasteiger partial charge in [-0.05, 0) is 37.6 Å². The Morgan fingerprint density at radius 3 is 2.71 bits per heavy atom. The Morgan fingerprint density at radius 2 is 1.96 bits per heavy atom. The van der Waals surface area contributed by atoms with E-state index in [0.29, 0.717) is 11.1 Å². The van der Waals surface area contributed by atoms with E-state index in [1.807, 2.05) is 38.1 Å². The molecule has 122 valence electrons. The summed E-state index contributed by atoms with van der Waals surface area (Å²) in [7, 11) is 0. The molecular weight excluding hydrogens is 305 g/mol. The van der Waals surface area contributed by atoms with Crippen molar-refractivity contribution in [3.63, 3.8) is 0 Å². The van der Waals surface area contributed by atoms with Crippen molar-refractivity contribution in [1.82, 2.24) is 15.1 Å². The van der Waals surface area contributed by atoms with Gasteiger partial charge in [-0.2, -0.15) is 5.10 Å². The molecule has 1 N–H and O–H groups in total. The predicted molar refractivity (Wildman–Crippen MR) is 90.6 cm³/mol. The molecule has 0 atom stereocenters. The van der Waals surface area contributed by atoms with Crippen LogP contribution in [0.5, 0.6) is 0 Å². The number of amides is 1. The largest absolute Gasteiger partial charge is 0.348 e. The van der Waals surface area contributed by atoms with Crippen molar-refractivity contribution >= 4 is 5.91 Å². The Balaban J connectivity index is 1.78. The first-order chi connectivity index (χ1) is 11.6. The van der Waals surface area contributed by atoms with Crippen molar-refractivity contribution in [2.45, 2.75) is 20.4 Å². The van der Waals surface area contributed by atoms with E-state index in [-0.39, 0.29) is 18.3 Å². The minimum atomic E-state index is -0.329. The molecule has 3 rings (SSSR count). The third-order valence-corrected chi connectivity index (χ3v) is 3.90. The number of carbonyl (C=O) groups is 1. The summed E-state index contributed by atoms with van der Waals surface area (Å²) in [5.41, 5.74) is 3.70. The highest BCUT2D eigenvalue weighted by molar-refractivity contribution is 5.95. The van der Waals surface area contributed by atoms with Gasteiger partial charge in [0.25, 0.3) is 5.91 Å². The Labute approximate surface area is 139 Å². The van der Waals surface area contributed by atoms with Gasteiger partial charge in [-0.1, -0.05) is 30.3 Å². The molecule has 0 unspecified atom stereocenters. The highest BCUT2D eigenvalue weighted by atomic mass is 19.1. The van der Waals surface area contributed by atoms with E-state index in [4.69, 9.17) is 0 Å². The molecule has 0 aliphatic heterocycles. The smallest absolute Gasteiger partial charge is 0.255 e. The first kappa shape index (κ1) is 15.9. The van der Waals surface area contributed by atoms with E-state index >= 15 is 0 Å². The van der Waals surface area contributed by atoms with E-state index in [2.05, 4.69) is 10.4 Å². The Kier molecular flexibility index (Phi) is 4.42. The summed E-state index contributed by atoms with van der Waals surface area (Å²) in [6, 6.07) is 14.3. The molecule has 0 fully saturated rings. The summed E-state index contributed by atoms with van der Waals surface area (Å²) in [5.74, 6) is -0.598.